The molecule has 1 saturated heterocycles. The van der Waals surface area contributed by atoms with Crippen molar-refractivity contribution in [3.05, 3.63) is 59.1 Å². The molecule has 3 aliphatic carbocycles. The molecule has 10 atom stereocenters. The van der Waals surface area contributed by atoms with Gasteiger partial charge in [-0.3, -0.25) is 24.0 Å². The summed E-state index contributed by atoms with van der Waals surface area (Å²) in [6, 6.07) is 8.75. The number of carbonyl (C=O) groups is 5. The van der Waals surface area contributed by atoms with Crippen molar-refractivity contribution in [3.8, 4) is 11.1 Å². The molecule has 0 radical (unpaired) electrons. The summed E-state index contributed by atoms with van der Waals surface area (Å²) in [5.74, 6) is -3.21. The van der Waals surface area contributed by atoms with Gasteiger partial charge in [-0.25, -0.2) is 0 Å². The van der Waals surface area contributed by atoms with Gasteiger partial charge in [0, 0.05) is 17.1 Å². The fourth-order valence-electron chi connectivity index (χ4n) is 8.31. The lowest BCUT2D eigenvalue weighted by atomic mass is 9.43. The number of unbranched alkanes of at least 4 members (excludes halogenated alkanes) is 1. The monoisotopic (exact) mass is 825 g/mol. The SMILES string of the molecule is C[C@@H](O)[C@H](NC(=O)C(CN)NC(=O)c1ccc(-c2ccc(Cl)cc2)cc1)C(=O)N[C@@H](N)C(=O)N[C@@H](CCCCN)C(=O)N[C@@H](N)B1OC2C[C@@H]3C[C@@H](C3(C)C)[C@]2(C)O1. The van der Waals surface area contributed by atoms with E-state index < -0.39 is 78.7 Å². The molecule has 14 N–H and O–H groups in total. The van der Waals surface area contributed by atoms with E-state index in [-0.39, 0.29) is 36.0 Å². The number of amides is 5. The molecular weight excluding hydrogens is 769 g/mol. The summed E-state index contributed by atoms with van der Waals surface area (Å²) in [5.41, 5.74) is 25.5. The first-order valence-electron chi connectivity index (χ1n) is 19.7. The molecule has 1 heterocycles. The van der Waals surface area contributed by atoms with Crippen LogP contribution in [-0.2, 0) is 28.5 Å². The van der Waals surface area contributed by atoms with Crippen LogP contribution in [0.1, 0.15) is 70.2 Å². The third-order valence-electron chi connectivity index (χ3n) is 12.0. The van der Waals surface area contributed by atoms with E-state index in [0.29, 0.717) is 30.3 Å². The van der Waals surface area contributed by atoms with Crippen LogP contribution in [0.4, 0.5) is 0 Å². The Labute approximate surface area is 343 Å². The Kier molecular flexibility index (Phi) is 14.6. The first kappa shape index (κ1) is 45.0. The van der Waals surface area contributed by atoms with Crippen molar-refractivity contribution in [2.45, 2.75) is 108 Å². The average molecular weight is 826 g/mol. The summed E-state index contributed by atoms with van der Waals surface area (Å²) in [7, 11) is -0.900. The molecular formula is C39H57BClN9O8. The summed E-state index contributed by atoms with van der Waals surface area (Å²) in [6.07, 6.45) is -0.218. The standard InChI is InChI=1S/C39H57BClN9O8/c1-20(51)30(48-34(54)27(19-43)47-32(52)23-10-8-21(9-11-23)22-12-14-25(41)15-13-22)35(55)49-31(44)36(56)46-26(7-5-6-16-42)33(53)50-37(45)40-57-29-18-24-17-28(38(24,2)3)39(29,4)58-40/h8-15,20,24,26-31,37,51H,5-7,16-19,42-45H2,1-4H3,(H,46,56)(H,47,52)(H,48,54)(H,49,55)(H,50,53)/t20-,24+,26+,27?,28+,29?,30+,31-,37-,39+/m1/s1. The normalized spacial score (nSPS) is 24.7. The van der Waals surface area contributed by atoms with Crippen molar-refractivity contribution < 1.29 is 38.4 Å². The van der Waals surface area contributed by atoms with Gasteiger partial charge >= 0.3 is 7.12 Å². The second-order valence-electron chi connectivity index (χ2n) is 16.3. The molecule has 17 nitrogen and oxygen atoms in total. The van der Waals surface area contributed by atoms with Gasteiger partial charge in [0.15, 0.2) is 6.17 Å². The number of aliphatic hydroxyl groups is 1. The van der Waals surface area contributed by atoms with Crippen molar-refractivity contribution >= 4 is 48.3 Å². The number of halogens is 1. The maximum atomic E-state index is 13.5. The highest BCUT2D eigenvalue weighted by atomic mass is 35.5. The zero-order valence-corrected chi connectivity index (χ0v) is 34.1. The van der Waals surface area contributed by atoms with Crippen molar-refractivity contribution in [3.63, 3.8) is 0 Å². The Hall–Kier alpha value is -4.14. The van der Waals surface area contributed by atoms with Crippen molar-refractivity contribution in [1.29, 1.82) is 0 Å². The Morgan fingerprint density at radius 3 is 2.03 bits per heavy atom. The lowest BCUT2D eigenvalue weighted by Gasteiger charge is -2.64. The van der Waals surface area contributed by atoms with Crippen LogP contribution < -0.4 is 49.5 Å². The van der Waals surface area contributed by atoms with E-state index in [1.165, 1.54) is 6.92 Å². The first-order chi connectivity index (χ1) is 27.4. The summed E-state index contributed by atoms with van der Waals surface area (Å²) in [4.78, 5) is 66.3. The highest BCUT2D eigenvalue weighted by molar-refractivity contribution is 6.47. The number of nitrogens with one attached hydrogen (secondary N) is 5. The third kappa shape index (κ3) is 10.00. The summed E-state index contributed by atoms with van der Waals surface area (Å²) >= 11 is 5.97. The zero-order valence-electron chi connectivity index (χ0n) is 33.3. The molecule has 58 heavy (non-hydrogen) atoms. The van der Waals surface area contributed by atoms with Crippen LogP contribution in [0.2, 0.25) is 5.02 Å². The van der Waals surface area contributed by atoms with Gasteiger partial charge in [-0.2, -0.15) is 0 Å². The van der Waals surface area contributed by atoms with Crippen LogP contribution in [0.5, 0.6) is 0 Å². The smallest absolute Gasteiger partial charge is 0.403 e. The van der Waals surface area contributed by atoms with Crippen LogP contribution in [0.15, 0.2) is 48.5 Å². The fourth-order valence-corrected chi connectivity index (χ4v) is 8.43. The maximum absolute atomic E-state index is 13.5. The van der Waals surface area contributed by atoms with Crippen LogP contribution in [0, 0.1) is 17.3 Å². The second kappa shape index (κ2) is 18.8. The topological polar surface area (TPSA) is 288 Å². The van der Waals surface area contributed by atoms with Crippen LogP contribution in [0.3, 0.4) is 0 Å². The molecule has 0 spiro atoms. The van der Waals surface area contributed by atoms with E-state index in [1.54, 1.807) is 36.4 Å². The van der Waals surface area contributed by atoms with E-state index in [9.17, 15) is 29.1 Å². The largest absolute Gasteiger partial charge is 0.497 e. The van der Waals surface area contributed by atoms with Crippen LogP contribution >= 0.6 is 11.6 Å². The Morgan fingerprint density at radius 2 is 1.45 bits per heavy atom. The molecule has 5 amide bonds. The van der Waals surface area contributed by atoms with E-state index in [4.69, 9.17) is 43.8 Å². The highest BCUT2D eigenvalue weighted by Gasteiger charge is 2.68. The van der Waals surface area contributed by atoms with E-state index in [0.717, 1.165) is 24.0 Å². The molecule has 316 valence electrons. The molecule has 3 saturated carbocycles. The lowest BCUT2D eigenvalue weighted by molar-refractivity contribution is -0.199. The van der Waals surface area contributed by atoms with Gasteiger partial charge in [-0.05, 0) is 105 Å². The predicted octanol–water partition coefficient (Wildman–Crippen LogP) is -0.387. The van der Waals surface area contributed by atoms with Crippen molar-refractivity contribution in [2.75, 3.05) is 13.1 Å². The van der Waals surface area contributed by atoms with Gasteiger partial charge in [0.2, 0.25) is 17.7 Å². The first-order valence-corrected chi connectivity index (χ1v) is 20.1. The second-order valence-corrected chi connectivity index (χ2v) is 16.7. The molecule has 2 aromatic carbocycles. The van der Waals surface area contributed by atoms with Gasteiger partial charge in [-0.15, -0.1) is 0 Å². The van der Waals surface area contributed by atoms with Gasteiger partial charge in [0.1, 0.15) is 24.2 Å². The third-order valence-corrected chi connectivity index (χ3v) is 12.2. The lowest BCUT2D eigenvalue weighted by Crippen LogP contribution is -2.65. The fraction of sp³-hybridized carbons (Fsp3) is 0.564. The number of hydrogen-bond donors (Lipinski definition) is 10. The molecule has 2 aromatic rings. The maximum Gasteiger partial charge on any atom is 0.497 e. The number of rotatable bonds is 18. The molecule has 4 aliphatic rings. The summed E-state index contributed by atoms with van der Waals surface area (Å²) < 4.78 is 12.6. The van der Waals surface area contributed by atoms with Crippen LogP contribution in [-0.4, -0.2) is 103 Å². The van der Waals surface area contributed by atoms with Crippen molar-refractivity contribution in [2.24, 2.45) is 40.2 Å². The minimum Gasteiger partial charge on any atom is -0.403 e. The Morgan fingerprint density at radius 1 is 0.828 bits per heavy atom. The average Bonchev–Trinajstić information content (AvgIpc) is 3.56. The molecule has 2 unspecified atom stereocenters. The number of carbonyl (C=O) groups excluding carboxylic acids is 5. The zero-order chi connectivity index (χ0) is 42.5. The van der Waals surface area contributed by atoms with E-state index in [2.05, 4.69) is 40.4 Å². The summed E-state index contributed by atoms with van der Waals surface area (Å²) in [5, 5.41) is 23.5. The van der Waals surface area contributed by atoms with Gasteiger partial charge in [0.25, 0.3) is 11.8 Å². The minimum atomic E-state index is -1.70. The number of nitrogens with two attached hydrogens (primary N) is 4. The predicted molar refractivity (Wildman–Crippen MR) is 218 cm³/mol. The van der Waals surface area contributed by atoms with Gasteiger partial charge < -0.3 is 63.9 Å². The number of aliphatic hydroxyl groups excluding tert-OH is 1. The molecule has 1 aliphatic heterocycles. The van der Waals surface area contributed by atoms with E-state index in [1.807, 2.05) is 19.1 Å². The summed E-state index contributed by atoms with van der Waals surface area (Å²) in [6.45, 7) is 7.77. The number of hydrogen-bond acceptors (Lipinski definition) is 12. The van der Waals surface area contributed by atoms with E-state index >= 15 is 0 Å². The van der Waals surface area contributed by atoms with Crippen molar-refractivity contribution in [1.82, 2.24) is 26.6 Å². The van der Waals surface area contributed by atoms with Gasteiger partial charge in [0.05, 0.1) is 17.8 Å². The molecule has 6 rings (SSSR count). The van der Waals surface area contributed by atoms with Crippen LogP contribution in [0.25, 0.3) is 11.1 Å². The Balaban J connectivity index is 1.14. The molecule has 2 bridgehead atoms. The molecule has 4 fully saturated rings. The quantitative estimate of drug-likeness (QED) is 0.0523. The number of benzene rings is 2. The Bertz CT molecular complexity index is 1810. The molecule has 19 heteroatoms. The van der Waals surface area contributed by atoms with Gasteiger partial charge in [-0.1, -0.05) is 49.7 Å². The highest BCUT2D eigenvalue weighted by Crippen LogP contribution is 2.65. The molecule has 0 aromatic heterocycles. The minimum absolute atomic E-state index is 0.114.